The van der Waals surface area contributed by atoms with Crippen LogP contribution in [0, 0.1) is 13.8 Å². The molecule has 1 N–H and O–H groups in total. The lowest BCUT2D eigenvalue weighted by Crippen LogP contribution is -2.12. The van der Waals surface area contributed by atoms with Gasteiger partial charge in [0.1, 0.15) is 0 Å². The molecule has 2 aromatic carbocycles. The van der Waals surface area contributed by atoms with Crippen LogP contribution in [-0.4, -0.2) is 5.91 Å². The van der Waals surface area contributed by atoms with Crippen LogP contribution in [0.25, 0.3) is 0 Å². The maximum atomic E-state index is 12.2. The van der Waals surface area contributed by atoms with E-state index in [1.807, 2.05) is 50.2 Å². The normalized spacial score (nSPS) is 10.3. The highest BCUT2D eigenvalue weighted by Crippen LogP contribution is 2.21. The highest BCUT2D eigenvalue weighted by Gasteiger charge is 2.08. The van der Waals surface area contributed by atoms with Crippen molar-refractivity contribution >= 4 is 43.5 Å². The summed E-state index contributed by atoms with van der Waals surface area (Å²) in [7, 11) is 0. The van der Waals surface area contributed by atoms with Crippen molar-refractivity contribution in [3.63, 3.8) is 0 Å². The molecule has 0 saturated heterocycles. The summed E-state index contributed by atoms with van der Waals surface area (Å²) in [6.45, 7) is 3.95. The number of carbonyl (C=O) groups is 1. The van der Waals surface area contributed by atoms with E-state index in [1.54, 1.807) is 0 Å². The van der Waals surface area contributed by atoms with Gasteiger partial charge in [-0.2, -0.15) is 0 Å². The van der Waals surface area contributed by atoms with Crippen LogP contribution in [0.4, 0.5) is 5.69 Å². The van der Waals surface area contributed by atoms with Crippen molar-refractivity contribution in [2.75, 3.05) is 5.32 Å². The summed E-state index contributed by atoms with van der Waals surface area (Å²) < 4.78 is 1.86. The van der Waals surface area contributed by atoms with Gasteiger partial charge in [-0.25, -0.2) is 0 Å². The van der Waals surface area contributed by atoms with Crippen LogP contribution in [0.1, 0.15) is 21.5 Å². The largest absolute Gasteiger partial charge is 0.322 e. The lowest BCUT2D eigenvalue weighted by atomic mass is 10.1. The number of anilines is 1. The lowest BCUT2D eigenvalue weighted by molar-refractivity contribution is 0.102. The Morgan fingerprint density at radius 3 is 2.05 bits per heavy atom. The topological polar surface area (TPSA) is 29.1 Å². The maximum Gasteiger partial charge on any atom is 0.255 e. The number of halogens is 2. The van der Waals surface area contributed by atoms with Crippen LogP contribution in [0.15, 0.2) is 45.3 Å². The summed E-state index contributed by atoms with van der Waals surface area (Å²) in [4.78, 5) is 12.2. The zero-order chi connectivity index (χ0) is 14.0. The van der Waals surface area contributed by atoms with Gasteiger partial charge in [-0.3, -0.25) is 4.79 Å². The summed E-state index contributed by atoms with van der Waals surface area (Å²) in [5, 5.41) is 2.90. The van der Waals surface area contributed by atoms with Crippen molar-refractivity contribution < 1.29 is 4.79 Å². The molecule has 0 aliphatic rings. The molecule has 0 atom stereocenters. The van der Waals surface area contributed by atoms with Crippen molar-refractivity contribution in [3.05, 3.63) is 62.0 Å². The first-order valence-electron chi connectivity index (χ1n) is 5.80. The maximum absolute atomic E-state index is 12.2. The molecule has 19 heavy (non-hydrogen) atoms. The summed E-state index contributed by atoms with van der Waals surface area (Å²) in [5.41, 5.74) is 3.57. The van der Waals surface area contributed by atoms with E-state index in [9.17, 15) is 4.79 Å². The van der Waals surface area contributed by atoms with Crippen LogP contribution in [0.2, 0.25) is 0 Å². The van der Waals surface area contributed by atoms with E-state index in [2.05, 4.69) is 37.2 Å². The molecule has 0 heterocycles. The van der Waals surface area contributed by atoms with E-state index in [4.69, 9.17) is 0 Å². The van der Waals surface area contributed by atoms with Crippen LogP contribution in [0.3, 0.4) is 0 Å². The van der Waals surface area contributed by atoms with Gasteiger partial charge in [0.05, 0.1) is 0 Å². The molecule has 0 fully saturated rings. The number of hydrogen-bond donors (Lipinski definition) is 1. The van der Waals surface area contributed by atoms with Crippen LogP contribution >= 0.6 is 31.9 Å². The molecule has 2 nitrogen and oxygen atoms in total. The second-order valence-corrected chi connectivity index (χ2v) is 6.32. The predicted octanol–water partition coefficient (Wildman–Crippen LogP) is 5.08. The summed E-state index contributed by atoms with van der Waals surface area (Å²) in [6, 6.07) is 11.5. The molecule has 0 radical (unpaired) electrons. The molecule has 98 valence electrons. The van der Waals surface area contributed by atoms with E-state index in [0.717, 1.165) is 25.8 Å². The zero-order valence-corrected chi connectivity index (χ0v) is 13.8. The fourth-order valence-electron chi connectivity index (χ4n) is 1.88. The first-order chi connectivity index (χ1) is 8.94. The van der Waals surface area contributed by atoms with E-state index in [0.29, 0.717) is 5.56 Å². The Morgan fingerprint density at radius 1 is 0.895 bits per heavy atom. The second-order valence-electron chi connectivity index (χ2n) is 4.49. The number of rotatable bonds is 2. The first kappa shape index (κ1) is 14.3. The van der Waals surface area contributed by atoms with Crippen molar-refractivity contribution in [1.82, 2.24) is 0 Å². The Bertz CT molecular complexity index is 598. The number of nitrogens with one attached hydrogen (secondary N) is 1. The summed E-state index contributed by atoms with van der Waals surface area (Å²) in [5.74, 6) is -0.109. The average molecular weight is 383 g/mol. The fourth-order valence-corrected chi connectivity index (χ4v) is 3.09. The molecule has 0 saturated carbocycles. The third-order valence-corrected chi connectivity index (χ3v) is 3.52. The van der Waals surface area contributed by atoms with Crippen LogP contribution < -0.4 is 5.32 Å². The Labute approximate surface area is 129 Å². The molecule has 2 rings (SSSR count). The van der Waals surface area contributed by atoms with Gasteiger partial charge in [0, 0.05) is 20.2 Å². The summed E-state index contributed by atoms with van der Waals surface area (Å²) >= 11 is 6.83. The van der Waals surface area contributed by atoms with Gasteiger partial charge in [0.25, 0.3) is 5.91 Å². The number of benzene rings is 2. The number of hydrogen-bond acceptors (Lipinski definition) is 1. The first-order valence-corrected chi connectivity index (χ1v) is 7.38. The smallest absolute Gasteiger partial charge is 0.255 e. The van der Waals surface area contributed by atoms with E-state index >= 15 is 0 Å². The molecule has 0 aliphatic carbocycles. The summed E-state index contributed by atoms with van der Waals surface area (Å²) in [6.07, 6.45) is 0. The van der Waals surface area contributed by atoms with Crippen molar-refractivity contribution in [3.8, 4) is 0 Å². The standard InChI is InChI=1S/C15H13Br2NO/c1-9-3-11(7-12(16)4-9)15(19)18-14-6-10(2)5-13(17)8-14/h3-8H,1-2H3,(H,18,19). The monoisotopic (exact) mass is 381 g/mol. The fraction of sp³-hybridized carbons (Fsp3) is 0.133. The Balaban J connectivity index is 2.25. The minimum Gasteiger partial charge on any atom is -0.322 e. The van der Waals surface area contributed by atoms with Gasteiger partial charge in [0.2, 0.25) is 0 Å². The number of aryl methyl sites for hydroxylation is 2. The van der Waals surface area contributed by atoms with Crippen molar-refractivity contribution in [1.29, 1.82) is 0 Å². The third-order valence-electron chi connectivity index (χ3n) is 2.60. The van der Waals surface area contributed by atoms with E-state index in [1.165, 1.54) is 0 Å². The number of carbonyl (C=O) groups excluding carboxylic acids is 1. The van der Waals surface area contributed by atoms with E-state index < -0.39 is 0 Å². The molecule has 0 aliphatic heterocycles. The van der Waals surface area contributed by atoms with Crippen LogP contribution in [-0.2, 0) is 0 Å². The molecule has 0 unspecified atom stereocenters. The molecule has 1 amide bonds. The predicted molar refractivity (Wildman–Crippen MR) is 85.7 cm³/mol. The Hall–Kier alpha value is -1.13. The van der Waals surface area contributed by atoms with Gasteiger partial charge < -0.3 is 5.32 Å². The molecular weight excluding hydrogens is 370 g/mol. The van der Waals surface area contributed by atoms with Gasteiger partial charge in [0.15, 0.2) is 0 Å². The minimum absolute atomic E-state index is 0.109. The zero-order valence-electron chi connectivity index (χ0n) is 10.6. The SMILES string of the molecule is Cc1cc(Br)cc(NC(=O)c2cc(C)cc(Br)c2)c1. The number of amides is 1. The minimum atomic E-state index is -0.109. The quantitative estimate of drug-likeness (QED) is 0.770. The van der Waals surface area contributed by atoms with Crippen molar-refractivity contribution in [2.45, 2.75) is 13.8 Å². The molecule has 0 aromatic heterocycles. The van der Waals surface area contributed by atoms with Gasteiger partial charge in [-0.15, -0.1) is 0 Å². The van der Waals surface area contributed by atoms with Gasteiger partial charge in [-0.05, 0) is 61.4 Å². The molecule has 2 aromatic rings. The third kappa shape index (κ3) is 3.91. The molecule has 4 heteroatoms. The Kier molecular flexibility index (Phi) is 4.42. The molecule has 0 bridgehead atoms. The highest BCUT2D eigenvalue weighted by molar-refractivity contribution is 9.10. The van der Waals surface area contributed by atoms with Gasteiger partial charge >= 0.3 is 0 Å². The lowest BCUT2D eigenvalue weighted by Gasteiger charge is -2.08. The molecule has 0 spiro atoms. The van der Waals surface area contributed by atoms with Crippen molar-refractivity contribution in [2.24, 2.45) is 0 Å². The second kappa shape index (κ2) is 5.88. The highest BCUT2D eigenvalue weighted by atomic mass is 79.9. The van der Waals surface area contributed by atoms with Gasteiger partial charge in [-0.1, -0.05) is 31.9 Å². The average Bonchev–Trinajstić information content (AvgIpc) is 2.25. The van der Waals surface area contributed by atoms with Crippen LogP contribution in [0.5, 0.6) is 0 Å². The Morgan fingerprint density at radius 2 is 1.47 bits per heavy atom. The molecular formula is C15H13Br2NO. The van der Waals surface area contributed by atoms with E-state index in [-0.39, 0.29) is 5.91 Å².